The first-order valence-corrected chi connectivity index (χ1v) is 8.84. The molecule has 1 fully saturated rings. The number of carbonyl (C=O) groups excluding carboxylic acids is 1. The summed E-state index contributed by atoms with van der Waals surface area (Å²) in [6, 6.07) is 5.61. The van der Waals surface area contributed by atoms with Gasteiger partial charge in [-0.1, -0.05) is 6.07 Å². The summed E-state index contributed by atoms with van der Waals surface area (Å²) in [7, 11) is 1.89. The number of benzene rings is 1. The molecule has 1 N–H and O–H groups in total. The molecule has 0 unspecified atom stereocenters. The number of aryl methyl sites for hydroxylation is 1. The van der Waals surface area contributed by atoms with E-state index in [-0.39, 0.29) is 30.8 Å². The Labute approximate surface area is 152 Å². The molecule has 26 heavy (non-hydrogen) atoms. The fraction of sp³-hybridized carbons (Fsp3) is 0.474. The van der Waals surface area contributed by atoms with Gasteiger partial charge in [-0.05, 0) is 38.0 Å². The van der Waals surface area contributed by atoms with E-state index in [1.165, 1.54) is 0 Å². The van der Waals surface area contributed by atoms with Crippen molar-refractivity contribution in [2.45, 2.75) is 32.4 Å². The monoisotopic (exact) mass is 357 g/mol. The zero-order valence-electron chi connectivity index (χ0n) is 15.2. The highest BCUT2D eigenvalue weighted by atomic mass is 16.7. The molecule has 2 aliphatic heterocycles. The summed E-state index contributed by atoms with van der Waals surface area (Å²) < 4.78 is 18.4. The molecule has 7 heteroatoms. The van der Waals surface area contributed by atoms with Crippen molar-refractivity contribution in [2.24, 2.45) is 13.0 Å². The van der Waals surface area contributed by atoms with Gasteiger partial charge in [0.25, 0.3) is 0 Å². The van der Waals surface area contributed by atoms with Gasteiger partial charge < -0.3 is 19.5 Å². The van der Waals surface area contributed by atoms with Crippen molar-refractivity contribution in [1.82, 2.24) is 15.1 Å². The highest BCUT2D eigenvalue weighted by molar-refractivity contribution is 5.80. The van der Waals surface area contributed by atoms with Crippen molar-refractivity contribution in [3.05, 3.63) is 41.2 Å². The van der Waals surface area contributed by atoms with Crippen LogP contribution in [0, 0.1) is 12.8 Å². The maximum Gasteiger partial charge on any atom is 0.231 e. The summed E-state index contributed by atoms with van der Waals surface area (Å²) in [6.07, 6.45) is 2.26. The van der Waals surface area contributed by atoms with E-state index in [2.05, 4.69) is 10.4 Å². The molecular weight excluding hydrogens is 334 g/mol. The van der Waals surface area contributed by atoms with Gasteiger partial charge in [-0.25, -0.2) is 0 Å². The van der Waals surface area contributed by atoms with E-state index >= 15 is 0 Å². The van der Waals surface area contributed by atoms with E-state index in [9.17, 15) is 4.79 Å². The molecule has 3 heterocycles. The maximum atomic E-state index is 12.9. The summed E-state index contributed by atoms with van der Waals surface area (Å²) >= 11 is 0. The number of hydrogen-bond donors (Lipinski definition) is 1. The number of amides is 1. The van der Waals surface area contributed by atoms with Crippen LogP contribution in [0.1, 0.15) is 42.3 Å². The van der Waals surface area contributed by atoms with Gasteiger partial charge in [-0.3, -0.25) is 9.48 Å². The number of carbonyl (C=O) groups is 1. The predicted molar refractivity (Wildman–Crippen MR) is 93.9 cm³/mol. The van der Waals surface area contributed by atoms with Crippen LogP contribution in [0.2, 0.25) is 0 Å². The molecule has 1 aromatic carbocycles. The first-order valence-electron chi connectivity index (χ1n) is 8.84. The van der Waals surface area contributed by atoms with Crippen LogP contribution in [0.15, 0.2) is 24.4 Å². The van der Waals surface area contributed by atoms with E-state index in [0.29, 0.717) is 13.0 Å². The molecule has 0 radical (unpaired) electrons. The molecule has 138 valence electrons. The molecule has 1 aromatic heterocycles. The second kappa shape index (κ2) is 6.64. The molecule has 7 nitrogen and oxygen atoms in total. The predicted octanol–water partition coefficient (Wildman–Crippen LogP) is 2.41. The van der Waals surface area contributed by atoms with Gasteiger partial charge in [0.05, 0.1) is 24.3 Å². The largest absolute Gasteiger partial charge is 0.454 e. The molecule has 0 saturated carbocycles. The van der Waals surface area contributed by atoms with Crippen molar-refractivity contribution in [1.29, 1.82) is 0 Å². The molecule has 2 aliphatic rings. The molecule has 4 rings (SSSR count). The van der Waals surface area contributed by atoms with Gasteiger partial charge in [-0.2, -0.15) is 5.10 Å². The quantitative estimate of drug-likeness (QED) is 0.910. The minimum atomic E-state index is -0.243. The molecular formula is C19H23N3O4. The zero-order valence-corrected chi connectivity index (χ0v) is 15.2. The number of nitrogens with one attached hydrogen (secondary N) is 1. The average Bonchev–Trinajstić information content (AvgIpc) is 3.35. The Morgan fingerprint density at radius 3 is 2.92 bits per heavy atom. The van der Waals surface area contributed by atoms with Crippen molar-refractivity contribution < 1.29 is 19.0 Å². The van der Waals surface area contributed by atoms with Crippen LogP contribution >= 0.6 is 0 Å². The topological polar surface area (TPSA) is 74.6 Å². The van der Waals surface area contributed by atoms with Crippen molar-refractivity contribution in [3.63, 3.8) is 0 Å². The lowest BCUT2D eigenvalue weighted by Gasteiger charge is -2.21. The van der Waals surface area contributed by atoms with Gasteiger partial charge in [0, 0.05) is 24.9 Å². The lowest BCUT2D eigenvalue weighted by molar-refractivity contribution is -0.127. The SMILES string of the molecule is Cc1c([C@H]2OCC[C@@H]2C(=O)N[C@@H](C)c2ccc3c(c2)OCO3)cnn1C. The Morgan fingerprint density at radius 1 is 1.35 bits per heavy atom. The summed E-state index contributed by atoms with van der Waals surface area (Å²) in [5, 5.41) is 7.39. The van der Waals surface area contributed by atoms with Crippen LogP contribution in [0.3, 0.4) is 0 Å². The number of fused-ring (bicyclic) bond motifs is 1. The van der Waals surface area contributed by atoms with Crippen molar-refractivity contribution >= 4 is 5.91 Å². The summed E-state index contributed by atoms with van der Waals surface area (Å²) in [6.45, 7) is 4.78. The Hall–Kier alpha value is -2.54. The standard InChI is InChI=1S/C19H23N3O4/c1-11(13-4-5-16-17(8-13)26-10-25-16)21-19(23)14-6-7-24-18(14)15-9-20-22(3)12(15)2/h4-5,8-9,11,14,18H,6-7,10H2,1-3H3,(H,21,23)/t11-,14-,18-/m0/s1. The minimum absolute atomic E-state index is 0.000852. The van der Waals surface area contributed by atoms with Gasteiger partial charge in [0.1, 0.15) is 0 Å². The van der Waals surface area contributed by atoms with Gasteiger partial charge >= 0.3 is 0 Å². The first kappa shape index (κ1) is 16.9. The zero-order chi connectivity index (χ0) is 18.3. The van der Waals surface area contributed by atoms with Gasteiger partial charge in [0.15, 0.2) is 11.5 Å². The van der Waals surface area contributed by atoms with Crippen LogP contribution < -0.4 is 14.8 Å². The van der Waals surface area contributed by atoms with Crippen LogP contribution in [0.25, 0.3) is 0 Å². The number of hydrogen-bond acceptors (Lipinski definition) is 5. The van der Waals surface area contributed by atoms with Crippen LogP contribution in [-0.2, 0) is 16.6 Å². The van der Waals surface area contributed by atoms with E-state index in [4.69, 9.17) is 14.2 Å². The lowest BCUT2D eigenvalue weighted by atomic mass is 9.94. The summed E-state index contributed by atoms with van der Waals surface area (Å²) in [5.74, 6) is 1.25. The van der Waals surface area contributed by atoms with Crippen molar-refractivity contribution in [3.8, 4) is 11.5 Å². The molecule has 0 aliphatic carbocycles. The third kappa shape index (κ3) is 2.92. The Morgan fingerprint density at radius 2 is 2.15 bits per heavy atom. The van der Waals surface area contributed by atoms with Crippen LogP contribution in [0.5, 0.6) is 11.5 Å². The normalized spacial score (nSPS) is 22.4. The average molecular weight is 357 g/mol. The molecule has 0 bridgehead atoms. The third-order valence-electron chi connectivity index (χ3n) is 5.26. The highest BCUT2D eigenvalue weighted by Crippen LogP contribution is 2.37. The molecule has 2 aromatic rings. The molecule has 3 atom stereocenters. The Balaban J connectivity index is 1.47. The van der Waals surface area contributed by atoms with Crippen LogP contribution in [-0.4, -0.2) is 29.1 Å². The Bertz CT molecular complexity index is 832. The third-order valence-corrected chi connectivity index (χ3v) is 5.26. The highest BCUT2D eigenvalue weighted by Gasteiger charge is 2.37. The summed E-state index contributed by atoms with van der Waals surface area (Å²) in [5.41, 5.74) is 3.00. The second-order valence-electron chi connectivity index (χ2n) is 6.84. The lowest BCUT2D eigenvalue weighted by Crippen LogP contribution is -2.34. The smallest absolute Gasteiger partial charge is 0.231 e. The fourth-order valence-electron chi connectivity index (χ4n) is 3.55. The molecule has 0 spiro atoms. The number of ether oxygens (including phenoxy) is 3. The van der Waals surface area contributed by atoms with E-state index in [0.717, 1.165) is 28.3 Å². The second-order valence-corrected chi connectivity index (χ2v) is 6.84. The Kier molecular flexibility index (Phi) is 4.32. The summed E-state index contributed by atoms with van der Waals surface area (Å²) in [4.78, 5) is 12.9. The fourth-order valence-corrected chi connectivity index (χ4v) is 3.55. The van der Waals surface area contributed by atoms with E-state index in [1.54, 1.807) is 10.9 Å². The first-order chi connectivity index (χ1) is 12.5. The minimum Gasteiger partial charge on any atom is -0.454 e. The van der Waals surface area contributed by atoms with E-state index in [1.807, 2.05) is 39.1 Å². The number of rotatable bonds is 4. The van der Waals surface area contributed by atoms with Crippen LogP contribution in [0.4, 0.5) is 0 Å². The maximum absolute atomic E-state index is 12.9. The van der Waals surface area contributed by atoms with Gasteiger partial charge in [0.2, 0.25) is 12.7 Å². The van der Waals surface area contributed by atoms with E-state index < -0.39 is 0 Å². The van der Waals surface area contributed by atoms with Crippen molar-refractivity contribution in [2.75, 3.05) is 13.4 Å². The molecule has 1 amide bonds. The molecule has 1 saturated heterocycles. The number of aromatic nitrogens is 2. The van der Waals surface area contributed by atoms with Gasteiger partial charge in [-0.15, -0.1) is 0 Å². The number of nitrogens with zero attached hydrogens (tertiary/aromatic N) is 2.